The quantitative estimate of drug-likeness (QED) is 0.830. The van der Waals surface area contributed by atoms with Gasteiger partial charge < -0.3 is 4.74 Å². The van der Waals surface area contributed by atoms with E-state index in [1.165, 1.54) is 38.0 Å². The molecule has 0 aliphatic carbocycles. The lowest BCUT2D eigenvalue weighted by molar-refractivity contribution is -0.0922. The first kappa shape index (κ1) is 14.5. The maximum atomic E-state index is 5.65. The van der Waals surface area contributed by atoms with Gasteiger partial charge >= 0.3 is 0 Å². The number of nitrogens with zero attached hydrogens (tertiary/aromatic N) is 2. The topological polar surface area (TPSA) is 15.7 Å². The standard InChI is InChI=1S/C16H26N2OS/c1-3-19-10-14-4-6-17(2)16(8-14)12-18(13-16)9-15-5-7-20-11-15/h5,7,11,14H,3-4,6,8-10,12-13H2,1-2H3/t14-/m1/s1. The van der Waals surface area contributed by atoms with Gasteiger partial charge in [-0.1, -0.05) is 0 Å². The van der Waals surface area contributed by atoms with Crippen LogP contribution in [0.15, 0.2) is 16.8 Å². The number of likely N-dealkylation sites (tertiary alicyclic amines) is 2. The third-order valence-corrected chi connectivity index (χ3v) is 5.66. The fraction of sp³-hybridized carbons (Fsp3) is 0.750. The Morgan fingerprint density at radius 1 is 1.45 bits per heavy atom. The first-order valence-corrected chi connectivity index (χ1v) is 8.68. The Morgan fingerprint density at radius 2 is 2.30 bits per heavy atom. The molecule has 0 bridgehead atoms. The van der Waals surface area contributed by atoms with Crippen LogP contribution in [0.1, 0.15) is 25.3 Å². The second-order valence-corrected chi connectivity index (χ2v) is 7.22. The molecule has 0 amide bonds. The van der Waals surface area contributed by atoms with Gasteiger partial charge in [-0.15, -0.1) is 0 Å². The summed E-state index contributed by atoms with van der Waals surface area (Å²) in [4.78, 5) is 5.18. The SMILES string of the molecule is CCOC[C@@H]1CCN(C)C2(C1)CN(Cc1ccsc1)C2. The van der Waals surface area contributed by atoms with Crippen LogP contribution in [-0.2, 0) is 11.3 Å². The van der Waals surface area contributed by atoms with Crippen molar-refractivity contribution in [2.24, 2.45) is 5.92 Å². The molecule has 2 saturated heterocycles. The smallest absolute Gasteiger partial charge is 0.0495 e. The highest BCUT2D eigenvalue weighted by Crippen LogP contribution is 2.38. The van der Waals surface area contributed by atoms with Gasteiger partial charge in [-0.3, -0.25) is 9.80 Å². The molecule has 4 heteroatoms. The molecule has 2 aliphatic heterocycles. The molecule has 3 rings (SSSR count). The first-order chi connectivity index (χ1) is 9.72. The Balaban J connectivity index is 1.53. The summed E-state index contributed by atoms with van der Waals surface area (Å²) in [5, 5.41) is 4.45. The molecule has 0 saturated carbocycles. The zero-order valence-electron chi connectivity index (χ0n) is 12.7. The number of hydrogen-bond acceptors (Lipinski definition) is 4. The van der Waals surface area contributed by atoms with Crippen molar-refractivity contribution in [3.05, 3.63) is 22.4 Å². The van der Waals surface area contributed by atoms with Crippen LogP contribution in [0.3, 0.4) is 0 Å². The minimum Gasteiger partial charge on any atom is -0.381 e. The molecule has 0 radical (unpaired) electrons. The van der Waals surface area contributed by atoms with Crippen molar-refractivity contribution in [1.82, 2.24) is 9.80 Å². The third kappa shape index (κ3) is 2.93. The van der Waals surface area contributed by atoms with Crippen LogP contribution in [0, 0.1) is 5.92 Å². The number of rotatable bonds is 5. The number of hydrogen-bond donors (Lipinski definition) is 0. The summed E-state index contributed by atoms with van der Waals surface area (Å²) in [5.41, 5.74) is 1.89. The van der Waals surface area contributed by atoms with Crippen LogP contribution >= 0.6 is 11.3 Å². The van der Waals surface area contributed by atoms with Crippen molar-refractivity contribution in [3.63, 3.8) is 0 Å². The van der Waals surface area contributed by atoms with Crippen LogP contribution in [0.4, 0.5) is 0 Å². The van der Waals surface area contributed by atoms with E-state index in [1.54, 1.807) is 11.3 Å². The summed E-state index contributed by atoms with van der Waals surface area (Å²) in [7, 11) is 2.30. The number of piperidine rings is 1. The first-order valence-electron chi connectivity index (χ1n) is 7.74. The second kappa shape index (κ2) is 6.14. The zero-order valence-corrected chi connectivity index (χ0v) is 13.5. The minimum atomic E-state index is 0.427. The maximum Gasteiger partial charge on any atom is 0.0495 e. The Bertz CT molecular complexity index is 412. The van der Waals surface area contributed by atoms with Gasteiger partial charge in [-0.05, 0) is 61.7 Å². The monoisotopic (exact) mass is 294 g/mol. The van der Waals surface area contributed by atoms with Crippen LogP contribution < -0.4 is 0 Å². The van der Waals surface area contributed by atoms with Crippen LogP contribution in [0.5, 0.6) is 0 Å². The van der Waals surface area contributed by atoms with Crippen molar-refractivity contribution >= 4 is 11.3 Å². The highest BCUT2D eigenvalue weighted by Gasteiger charge is 2.48. The highest BCUT2D eigenvalue weighted by atomic mass is 32.1. The number of likely N-dealkylation sites (N-methyl/N-ethyl adjacent to an activating group) is 1. The summed E-state index contributed by atoms with van der Waals surface area (Å²) in [6.45, 7) is 8.69. The van der Waals surface area contributed by atoms with Crippen LogP contribution in [0.25, 0.3) is 0 Å². The van der Waals surface area contributed by atoms with Gasteiger partial charge in [0.2, 0.25) is 0 Å². The Kier molecular flexibility index (Phi) is 4.46. The van der Waals surface area contributed by atoms with Gasteiger partial charge in [0.05, 0.1) is 0 Å². The molecule has 3 nitrogen and oxygen atoms in total. The average molecular weight is 294 g/mol. The molecule has 2 fully saturated rings. The predicted molar refractivity (Wildman–Crippen MR) is 84.2 cm³/mol. The van der Waals surface area contributed by atoms with E-state index in [9.17, 15) is 0 Å². The van der Waals surface area contributed by atoms with Gasteiger partial charge in [0.25, 0.3) is 0 Å². The molecule has 1 aromatic rings. The molecule has 112 valence electrons. The van der Waals surface area contributed by atoms with Gasteiger partial charge in [0, 0.05) is 38.4 Å². The zero-order chi connectivity index (χ0) is 14.0. The average Bonchev–Trinajstić information content (AvgIpc) is 2.90. The summed E-state index contributed by atoms with van der Waals surface area (Å²) >= 11 is 1.80. The summed E-state index contributed by atoms with van der Waals surface area (Å²) < 4.78 is 5.65. The van der Waals surface area contributed by atoms with Crippen LogP contribution in [-0.4, -0.2) is 55.2 Å². The lowest BCUT2D eigenvalue weighted by atomic mass is 9.75. The van der Waals surface area contributed by atoms with Crippen molar-refractivity contribution in [2.75, 3.05) is 39.9 Å². The van der Waals surface area contributed by atoms with E-state index in [1.807, 2.05) is 0 Å². The van der Waals surface area contributed by atoms with Crippen molar-refractivity contribution in [1.29, 1.82) is 0 Å². The van der Waals surface area contributed by atoms with Crippen molar-refractivity contribution in [3.8, 4) is 0 Å². The normalized spacial score (nSPS) is 26.8. The van der Waals surface area contributed by atoms with E-state index in [-0.39, 0.29) is 0 Å². The maximum absolute atomic E-state index is 5.65. The molecule has 3 heterocycles. The molecular formula is C16H26N2OS. The van der Waals surface area contributed by atoms with E-state index >= 15 is 0 Å². The van der Waals surface area contributed by atoms with E-state index < -0.39 is 0 Å². The molecule has 20 heavy (non-hydrogen) atoms. The van der Waals surface area contributed by atoms with Gasteiger partial charge in [-0.25, -0.2) is 0 Å². The fourth-order valence-corrected chi connectivity index (χ4v) is 4.40. The molecule has 1 atom stereocenters. The highest BCUT2D eigenvalue weighted by molar-refractivity contribution is 7.07. The predicted octanol–water partition coefficient (Wildman–Crippen LogP) is 2.68. The van der Waals surface area contributed by atoms with Gasteiger partial charge in [0.15, 0.2) is 0 Å². The summed E-state index contributed by atoms with van der Waals surface area (Å²) in [5.74, 6) is 0.759. The molecule has 0 N–H and O–H groups in total. The van der Waals surface area contributed by atoms with E-state index in [0.717, 1.165) is 25.7 Å². The Hall–Kier alpha value is -0.420. The summed E-state index contributed by atoms with van der Waals surface area (Å²) in [6, 6.07) is 2.25. The van der Waals surface area contributed by atoms with Crippen molar-refractivity contribution < 1.29 is 4.74 Å². The van der Waals surface area contributed by atoms with Gasteiger partial charge in [-0.2, -0.15) is 11.3 Å². The van der Waals surface area contributed by atoms with E-state index in [0.29, 0.717) is 5.54 Å². The number of ether oxygens (including phenoxy) is 1. The lowest BCUT2D eigenvalue weighted by Crippen LogP contribution is -2.71. The summed E-state index contributed by atoms with van der Waals surface area (Å²) in [6.07, 6.45) is 2.60. The third-order valence-electron chi connectivity index (χ3n) is 4.93. The lowest BCUT2D eigenvalue weighted by Gasteiger charge is -2.58. The molecule has 1 spiro atoms. The Labute approximate surface area is 126 Å². The molecule has 2 aliphatic rings. The van der Waals surface area contributed by atoms with E-state index in [4.69, 9.17) is 4.74 Å². The second-order valence-electron chi connectivity index (χ2n) is 6.44. The molecule has 0 aromatic carbocycles. The fourth-order valence-electron chi connectivity index (χ4n) is 3.74. The van der Waals surface area contributed by atoms with E-state index in [2.05, 4.69) is 40.6 Å². The number of thiophene rings is 1. The Morgan fingerprint density at radius 3 is 3.00 bits per heavy atom. The van der Waals surface area contributed by atoms with Crippen molar-refractivity contribution in [2.45, 2.75) is 31.8 Å². The van der Waals surface area contributed by atoms with Gasteiger partial charge in [0.1, 0.15) is 0 Å². The molecular weight excluding hydrogens is 268 g/mol. The largest absolute Gasteiger partial charge is 0.381 e. The molecule has 0 unspecified atom stereocenters. The van der Waals surface area contributed by atoms with Crippen LogP contribution in [0.2, 0.25) is 0 Å². The molecule has 1 aromatic heterocycles. The minimum absolute atomic E-state index is 0.427.